The molecule has 6 aromatic rings. The number of para-hydroxylation sites is 1. The van der Waals surface area contributed by atoms with E-state index in [4.69, 9.17) is 4.98 Å². The lowest BCUT2D eigenvalue weighted by Crippen LogP contribution is -2.12. The Bertz CT molecular complexity index is 1490. The zero-order chi connectivity index (χ0) is 22.0. The number of pyridine rings is 1. The van der Waals surface area contributed by atoms with Crippen LogP contribution in [0.5, 0.6) is 0 Å². The van der Waals surface area contributed by atoms with Gasteiger partial charge in [-0.25, -0.2) is 9.67 Å². The quantitative estimate of drug-likeness (QED) is 0.274. The van der Waals surface area contributed by atoms with E-state index in [-0.39, 0.29) is 0 Å². The lowest BCUT2D eigenvalue weighted by Gasteiger charge is -2.25. The summed E-state index contributed by atoms with van der Waals surface area (Å²) in [4.78, 5) is 8.45. The monoisotopic (exact) mass is 444 g/mol. The predicted octanol–water partition coefficient (Wildman–Crippen LogP) is 7.62. The number of hydrogen-bond donors (Lipinski definition) is 0. The van der Waals surface area contributed by atoms with Crippen LogP contribution in [0.2, 0.25) is 0 Å². The van der Waals surface area contributed by atoms with Crippen LogP contribution in [0.15, 0.2) is 122 Å². The fraction of sp³-hybridized carbons (Fsp3) is 0. The van der Waals surface area contributed by atoms with E-state index in [1.165, 1.54) is 10.1 Å². The van der Waals surface area contributed by atoms with Gasteiger partial charge in [0.15, 0.2) is 0 Å². The molecule has 0 amide bonds. The summed E-state index contributed by atoms with van der Waals surface area (Å²) in [6.45, 7) is 0. The molecule has 0 saturated heterocycles. The molecule has 0 aliphatic heterocycles. The van der Waals surface area contributed by atoms with Crippen molar-refractivity contribution in [1.29, 1.82) is 0 Å². The summed E-state index contributed by atoms with van der Waals surface area (Å²) in [5.41, 5.74) is 4.04. The molecule has 6 rings (SSSR count). The van der Waals surface area contributed by atoms with Crippen molar-refractivity contribution in [3.63, 3.8) is 0 Å². The second kappa shape index (κ2) is 8.37. The molecule has 0 unspecified atom stereocenters. The number of hydrogen-bond acceptors (Lipinski definition) is 4. The van der Waals surface area contributed by atoms with Gasteiger partial charge < -0.3 is 0 Å². The molecule has 5 heteroatoms. The zero-order valence-electron chi connectivity index (χ0n) is 17.7. The molecular weight excluding hydrogens is 424 g/mol. The van der Waals surface area contributed by atoms with Gasteiger partial charge in [-0.3, -0.25) is 4.90 Å². The van der Waals surface area contributed by atoms with Gasteiger partial charge in [-0.15, -0.1) is 11.3 Å². The Balaban J connectivity index is 1.48. The molecule has 33 heavy (non-hydrogen) atoms. The highest BCUT2D eigenvalue weighted by Gasteiger charge is 2.16. The molecule has 0 aliphatic rings. The SMILES string of the molecule is c1ccc(N(c2cccc(-n3cccn3)c2)c2cccc(-c3cc4ccccc4s3)n2)cc1. The minimum absolute atomic E-state index is 0.869. The highest BCUT2D eigenvalue weighted by Crippen LogP contribution is 2.37. The molecule has 0 bridgehead atoms. The Morgan fingerprint density at radius 1 is 0.697 bits per heavy atom. The second-order valence-corrected chi connectivity index (χ2v) is 8.75. The Morgan fingerprint density at radius 2 is 1.52 bits per heavy atom. The van der Waals surface area contributed by atoms with Crippen LogP contribution < -0.4 is 4.90 Å². The molecule has 3 heterocycles. The third-order valence-corrected chi connectivity index (χ3v) is 6.65. The van der Waals surface area contributed by atoms with Crippen molar-refractivity contribution < 1.29 is 0 Å². The average molecular weight is 445 g/mol. The lowest BCUT2D eigenvalue weighted by atomic mass is 10.2. The molecule has 0 saturated carbocycles. The number of benzene rings is 3. The van der Waals surface area contributed by atoms with E-state index in [1.807, 2.05) is 23.0 Å². The summed E-state index contributed by atoms with van der Waals surface area (Å²) < 4.78 is 3.14. The van der Waals surface area contributed by atoms with Crippen molar-refractivity contribution in [3.05, 3.63) is 122 Å². The van der Waals surface area contributed by atoms with Crippen molar-refractivity contribution in [2.75, 3.05) is 4.90 Å². The first-order valence-corrected chi connectivity index (χ1v) is 11.6. The topological polar surface area (TPSA) is 34.0 Å². The zero-order valence-corrected chi connectivity index (χ0v) is 18.6. The molecule has 0 aliphatic carbocycles. The first-order valence-electron chi connectivity index (χ1n) is 10.8. The molecule has 3 aromatic heterocycles. The largest absolute Gasteiger partial charge is 0.295 e. The number of aromatic nitrogens is 3. The van der Waals surface area contributed by atoms with Crippen LogP contribution in [0.3, 0.4) is 0 Å². The van der Waals surface area contributed by atoms with Crippen LogP contribution >= 0.6 is 11.3 Å². The fourth-order valence-electron chi connectivity index (χ4n) is 3.98. The highest BCUT2D eigenvalue weighted by atomic mass is 32.1. The van der Waals surface area contributed by atoms with Crippen LogP contribution in [0.4, 0.5) is 17.2 Å². The van der Waals surface area contributed by atoms with Gasteiger partial charge in [0.05, 0.1) is 16.3 Å². The molecule has 4 nitrogen and oxygen atoms in total. The van der Waals surface area contributed by atoms with Crippen LogP contribution in [0, 0.1) is 0 Å². The van der Waals surface area contributed by atoms with Gasteiger partial charge in [-0.1, -0.05) is 48.5 Å². The Morgan fingerprint density at radius 3 is 2.36 bits per heavy atom. The van der Waals surface area contributed by atoms with Crippen molar-refractivity contribution in [2.24, 2.45) is 0 Å². The molecule has 0 radical (unpaired) electrons. The third-order valence-electron chi connectivity index (χ3n) is 5.51. The van der Waals surface area contributed by atoms with Crippen molar-refractivity contribution >= 4 is 38.6 Å². The second-order valence-electron chi connectivity index (χ2n) is 7.67. The summed E-state index contributed by atoms with van der Waals surface area (Å²) in [7, 11) is 0. The Labute approximate surface area is 196 Å². The fourth-order valence-corrected chi connectivity index (χ4v) is 5.01. The van der Waals surface area contributed by atoms with E-state index in [0.717, 1.165) is 33.5 Å². The average Bonchev–Trinajstić information content (AvgIpc) is 3.56. The van der Waals surface area contributed by atoms with E-state index in [0.29, 0.717) is 0 Å². The summed E-state index contributed by atoms with van der Waals surface area (Å²) in [6, 6.07) is 37.5. The molecule has 3 aromatic carbocycles. The normalized spacial score (nSPS) is 11.0. The van der Waals surface area contributed by atoms with Gasteiger partial charge in [0.2, 0.25) is 0 Å². The predicted molar refractivity (Wildman–Crippen MR) is 137 cm³/mol. The van der Waals surface area contributed by atoms with Crippen LogP contribution in [-0.2, 0) is 0 Å². The summed E-state index contributed by atoms with van der Waals surface area (Å²) in [6.07, 6.45) is 3.74. The summed E-state index contributed by atoms with van der Waals surface area (Å²) in [5, 5.41) is 5.64. The number of thiophene rings is 1. The minimum Gasteiger partial charge on any atom is -0.295 e. The molecule has 0 N–H and O–H groups in total. The summed E-state index contributed by atoms with van der Waals surface area (Å²) >= 11 is 1.77. The molecule has 0 atom stereocenters. The van der Waals surface area contributed by atoms with E-state index in [1.54, 1.807) is 17.5 Å². The first-order chi connectivity index (χ1) is 16.3. The van der Waals surface area contributed by atoms with E-state index >= 15 is 0 Å². The van der Waals surface area contributed by atoms with Gasteiger partial charge in [0, 0.05) is 28.5 Å². The van der Waals surface area contributed by atoms with Gasteiger partial charge in [0.1, 0.15) is 5.82 Å². The molecule has 158 valence electrons. The van der Waals surface area contributed by atoms with Crippen LogP contribution in [0.1, 0.15) is 0 Å². The smallest absolute Gasteiger partial charge is 0.138 e. The first kappa shape index (κ1) is 19.5. The maximum atomic E-state index is 5.10. The maximum absolute atomic E-state index is 5.10. The minimum atomic E-state index is 0.869. The number of anilines is 3. The van der Waals surface area contributed by atoms with Crippen LogP contribution in [-0.4, -0.2) is 14.8 Å². The van der Waals surface area contributed by atoms with E-state index < -0.39 is 0 Å². The number of nitrogens with zero attached hydrogens (tertiary/aromatic N) is 4. The molecule has 0 spiro atoms. The Hall–Kier alpha value is -4.22. The standard InChI is InChI=1S/C28H20N4S/c1-2-10-22(11-3-1)32(24-13-6-12-23(20-24)31-18-8-17-29-31)28-16-7-14-25(30-28)27-19-21-9-4-5-15-26(21)33-27/h1-20H. The number of fused-ring (bicyclic) bond motifs is 1. The van der Waals surface area contributed by atoms with Crippen molar-refractivity contribution in [1.82, 2.24) is 14.8 Å². The van der Waals surface area contributed by atoms with E-state index in [2.05, 4.69) is 107 Å². The van der Waals surface area contributed by atoms with Gasteiger partial charge >= 0.3 is 0 Å². The Kier molecular flexibility index (Phi) is 4.94. The van der Waals surface area contributed by atoms with Gasteiger partial charge in [-0.2, -0.15) is 5.10 Å². The van der Waals surface area contributed by atoms with Crippen LogP contribution in [0.25, 0.3) is 26.3 Å². The van der Waals surface area contributed by atoms with Gasteiger partial charge in [-0.05, 0) is 66.0 Å². The maximum Gasteiger partial charge on any atom is 0.138 e. The third kappa shape index (κ3) is 3.79. The van der Waals surface area contributed by atoms with E-state index in [9.17, 15) is 0 Å². The van der Waals surface area contributed by atoms with Crippen molar-refractivity contribution in [3.8, 4) is 16.3 Å². The highest BCUT2D eigenvalue weighted by molar-refractivity contribution is 7.22. The number of rotatable bonds is 5. The summed E-state index contributed by atoms with van der Waals surface area (Å²) in [5.74, 6) is 0.869. The molecule has 0 fully saturated rings. The molecular formula is C28H20N4S. The van der Waals surface area contributed by atoms with Gasteiger partial charge in [0.25, 0.3) is 0 Å². The lowest BCUT2D eigenvalue weighted by molar-refractivity contribution is 0.880. The van der Waals surface area contributed by atoms with Crippen molar-refractivity contribution in [2.45, 2.75) is 0 Å².